The van der Waals surface area contributed by atoms with Gasteiger partial charge in [0.05, 0.1) is 13.7 Å². The van der Waals surface area contributed by atoms with Crippen LogP contribution in [0, 0.1) is 11.8 Å². The van der Waals surface area contributed by atoms with Gasteiger partial charge in [-0.15, -0.1) is 6.58 Å². The van der Waals surface area contributed by atoms with Crippen LogP contribution in [0.1, 0.15) is 68.2 Å². The van der Waals surface area contributed by atoms with Gasteiger partial charge in [-0.1, -0.05) is 56.6 Å². The first-order valence-electron chi connectivity index (χ1n) is 11.1. The van der Waals surface area contributed by atoms with Gasteiger partial charge in [0.25, 0.3) is 0 Å². The number of benzene rings is 2. The predicted molar refractivity (Wildman–Crippen MR) is 125 cm³/mol. The second-order valence-corrected chi connectivity index (χ2v) is 7.88. The fourth-order valence-electron chi connectivity index (χ4n) is 3.97. The Hall–Kier alpha value is -2.74. The highest BCUT2D eigenvalue weighted by Gasteiger charge is 2.26. The van der Waals surface area contributed by atoms with Crippen molar-refractivity contribution in [3.8, 4) is 23.3 Å². The summed E-state index contributed by atoms with van der Waals surface area (Å²) in [5.41, 5.74) is 2.73. The molecule has 0 spiro atoms. The maximum Gasteiger partial charge on any atom is 0.161 e. The monoisotopic (exact) mass is 420 g/mol. The van der Waals surface area contributed by atoms with Crippen LogP contribution in [0.15, 0.2) is 43.0 Å². The molecule has 4 heteroatoms. The lowest BCUT2D eigenvalue weighted by Crippen LogP contribution is -2.00. The van der Waals surface area contributed by atoms with Crippen LogP contribution in [0.2, 0.25) is 0 Å². The lowest BCUT2D eigenvalue weighted by molar-refractivity contribution is 0.0993. The summed E-state index contributed by atoms with van der Waals surface area (Å²) >= 11 is 0. The van der Waals surface area contributed by atoms with Gasteiger partial charge in [-0.3, -0.25) is 0 Å². The average molecular weight is 421 g/mol. The van der Waals surface area contributed by atoms with Gasteiger partial charge >= 0.3 is 0 Å². The van der Waals surface area contributed by atoms with Crippen LogP contribution < -0.4 is 4.74 Å². The van der Waals surface area contributed by atoms with Crippen LogP contribution in [0.5, 0.6) is 11.5 Å². The van der Waals surface area contributed by atoms with Crippen molar-refractivity contribution in [2.75, 3.05) is 7.11 Å². The van der Waals surface area contributed by atoms with Crippen molar-refractivity contribution in [1.29, 1.82) is 0 Å². The van der Waals surface area contributed by atoms with Crippen molar-refractivity contribution in [3.63, 3.8) is 0 Å². The summed E-state index contributed by atoms with van der Waals surface area (Å²) in [6, 6.07) is 5.50. The van der Waals surface area contributed by atoms with E-state index >= 15 is 0 Å². The third-order valence-electron chi connectivity index (χ3n) is 5.62. The van der Waals surface area contributed by atoms with Gasteiger partial charge in [0.2, 0.25) is 0 Å². The Morgan fingerprint density at radius 3 is 2.81 bits per heavy atom. The van der Waals surface area contributed by atoms with E-state index in [9.17, 15) is 10.2 Å². The zero-order valence-electron chi connectivity index (χ0n) is 18.5. The summed E-state index contributed by atoms with van der Waals surface area (Å²) in [5, 5.41) is 22.4. The Bertz CT molecular complexity index is 1010. The predicted octanol–water partition coefficient (Wildman–Crippen LogP) is 5.94. The zero-order chi connectivity index (χ0) is 22.2. The number of ether oxygens (including phenoxy) is 2. The molecule has 164 valence electrons. The van der Waals surface area contributed by atoms with Gasteiger partial charge in [0.1, 0.15) is 12.2 Å². The second-order valence-electron chi connectivity index (χ2n) is 7.88. The molecular weight excluding hydrogens is 388 g/mol. The number of methoxy groups -OCH3 is 1. The van der Waals surface area contributed by atoms with E-state index in [0.717, 1.165) is 40.3 Å². The molecule has 2 aromatic carbocycles. The van der Waals surface area contributed by atoms with Gasteiger partial charge in [-0.05, 0) is 48.1 Å². The van der Waals surface area contributed by atoms with Crippen molar-refractivity contribution in [1.82, 2.24) is 0 Å². The summed E-state index contributed by atoms with van der Waals surface area (Å²) in [7, 11) is 1.53. The molecule has 0 saturated carbocycles. The van der Waals surface area contributed by atoms with Gasteiger partial charge in [0, 0.05) is 16.5 Å². The van der Waals surface area contributed by atoms with E-state index in [4.69, 9.17) is 9.47 Å². The van der Waals surface area contributed by atoms with E-state index in [1.54, 1.807) is 24.3 Å². The number of hydrogen-bond donors (Lipinski definition) is 2. The summed E-state index contributed by atoms with van der Waals surface area (Å²) in [6.45, 7) is 6.56. The minimum Gasteiger partial charge on any atom is -0.504 e. The molecule has 2 N–H and O–H groups in total. The Kier molecular flexibility index (Phi) is 8.17. The summed E-state index contributed by atoms with van der Waals surface area (Å²) in [6.07, 6.45) is 11.5. The Morgan fingerprint density at radius 2 is 2.06 bits per heavy atom. The number of aromatic hydroxyl groups is 1. The minimum atomic E-state index is -0.849. The van der Waals surface area contributed by atoms with Crippen molar-refractivity contribution in [3.05, 3.63) is 59.7 Å². The molecule has 0 radical (unpaired) electrons. The summed E-state index contributed by atoms with van der Waals surface area (Å²) in [4.78, 5) is 0. The van der Waals surface area contributed by atoms with Crippen molar-refractivity contribution in [2.45, 2.75) is 64.3 Å². The molecule has 31 heavy (non-hydrogen) atoms. The number of unbranched alkanes of at least 4 members (excludes halogenated alkanes) is 5. The van der Waals surface area contributed by atoms with E-state index in [0.29, 0.717) is 12.4 Å². The van der Waals surface area contributed by atoms with Crippen LogP contribution in [-0.4, -0.2) is 23.4 Å². The smallest absolute Gasteiger partial charge is 0.161 e. The lowest BCUT2D eigenvalue weighted by atomic mass is 9.92. The van der Waals surface area contributed by atoms with E-state index in [2.05, 4.69) is 25.3 Å². The molecule has 0 unspecified atom stereocenters. The lowest BCUT2D eigenvalue weighted by Gasteiger charge is -2.13. The first-order chi connectivity index (χ1) is 15.1. The quantitative estimate of drug-likeness (QED) is 0.299. The molecule has 3 rings (SSSR count). The highest BCUT2D eigenvalue weighted by Crippen LogP contribution is 2.41. The van der Waals surface area contributed by atoms with Crippen molar-refractivity contribution < 1.29 is 19.7 Å². The normalized spacial score (nSPS) is 16.2. The molecule has 1 heterocycles. The number of fused-ring (bicyclic) bond motifs is 2. The third-order valence-corrected chi connectivity index (χ3v) is 5.62. The molecule has 2 aromatic rings. The fourth-order valence-corrected chi connectivity index (χ4v) is 3.97. The van der Waals surface area contributed by atoms with Crippen molar-refractivity contribution in [2.24, 2.45) is 0 Å². The first kappa shape index (κ1) is 22.9. The molecule has 0 saturated heterocycles. The van der Waals surface area contributed by atoms with Gasteiger partial charge in [0.15, 0.2) is 11.5 Å². The second kappa shape index (κ2) is 11.0. The first-order valence-corrected chi connectivity index (χ1v) is 11.1. The minimum absolute atomic E-state index is 0.0515. The molecule has 1 aliphatic rings. The maximum absolute atomic E-state index is 10.4. The third kappa shape index (κ3) is 5.50. The summed E-state index contributed by atoms with van der Waals surface area (Å²) < 4.78 is 11.1. The summed E-state index contributed by atoms with van der Waals surface area (Å²) in [5.74, 6) is 6.56. The van der Waals surface area contributed by atoms with E-state index < -0.39 is 6.10 Å². The zero-order valence-corrected chi connectivity index (χ0v) is 18.5. The highest BCUT2D eigenvalue weighted by molar-refractivity contribution is 5.93. The van der Waals surface area contributed by atoms with Crippen molar-refractivity contribution >= 4 is 10.8 Å². The molecule has 1 aliphatic heterocycles. The van der Waals surface area contributed by atoms with Gasteiger partial charge in [-0.2, -0.15) is 0 Å². The van der Waals surface area contributed by atoms with E-state index in [1.165, 1.54) is 32.8 Å². The maximum atomic E-state index is 10.4. The number of phenols is 1. The topological polar surface area (TPSA) is 58.9 Å². The molecule has 0 bridgehead atoms. The SMILES string of the molecule is C=C[C@H]1OCc2cc3cc(OC)c(O)cc3c(C#C[C@@H](O)/C=C\CCCCCCC)c21. The average Bonchev–Trinajstić information content (AvgIpc) is 3.18. The Balaban J connectivity index is 1.87. The Labute approximate surface area is 185 Å². The molecule has 0 aliphatic carbocycles. The van der Waals surface area contributed by atoms with Crippen LogP contribution >= 0.6 is 0 Å². The van der Waals surface area contributed by atoms with Crippen LogP contribution in [0.4, 0.5) is 0 Å². The van der Waals surface area contributed by atoms with E-state index in [1.807, 2.05) is 12.1 Å². The number of aliphatic hydroxyl groups excluding tert-OH is 1. The van der Waals surface area contributed by atoms with Crippen LogP contribution in [0.3, 0.4) is 0 Å². The number of allylic oxidation sites excluding steroid dienone is 1. The number of rotatable bonds is 9. The molecule has 2 atom stereocenters. The number of aliphatic hydroxyl groups is 1. The molecule has 0 amide bonds. The molecule has 4 nitrogen and oxygen atoms in total. The Morgan fingerprint density at radius 1 is 1.26 bits per heavy atom. The standard InChI is InChI=1S/C27H32O4/c1-4-6-7-8-9-10-11-12-21(28)13-14-22-23-17-24(29)26(30-3)16-19(23)15-20-18-31-25(5-2)27(20)22/h5,11-12,15-17,21,25,28-29H,2,4,6-10,18H2,1,3H3/b12-11-/t21-,25+/m0/s1. The number of hydrogen-bond acceptors (Lipinski definition) is 4. The fraction of sp³-hybridized carbons (Fsp3) is 0.407. The molecule has 0 aromatic heterocycles. The number of phenolic OH excluding ortho intramolecular Hbond substituents is 1. The van der Waals surface area contributed by atoms with Crippen LogP contribution in [-0.2, 0) is 11.3 Å². The van der Waals surface area contributed by atoms with Gasteiger partial charge in [-0.25, -0.2) is 0 Å². The van der Waals surface area contributed by atoms with Crippen LogP contribution in [0.25, 0.3) is 10.8 Å². The van der Waals surface area contributed by atoms with E-state index in [-0.39, 0.29) is 11.9 Å². The molecule has 0 fully saturated rings. The largest absolute Gasteiger partial charge is 0.504 e. The van der Waals surface area contributed by atoms with Gasteiger partial charge < -0.3 is 19.7 Å². The molecular formula is C27H32O4. The highest BCUT2D eigenvalue weighted by atomic mass is 16.5.